The molecule has 0 N–H and O–H groups in total. The second-order valence-electron chi connectivity index (χ2n) is 5.21. The van der Waals surface area contributed by atoms with Crippen LogP contribution in [0.25, 0.3) is 0 Å². The van der Waals surface area contributed by atoms with E-state index in [-0.39, 0.29) is 11.1 Å². The SMILES string of the molecule is CC1CN(C(=O)c2cc(Cl)ncc2Cl)CC1N(C)C. The summed E-state index contributed by atoms with van der Waals surface area (Å²) in [4.78, 5) is 20.3. The Bertz CT molecular complexity index is 493. The van der Waals surface area contributed by atoms with Crippen molar-refractivity contribution < 1.29 is 4.79 Å². The van der Waals surface area contributed by atoms with Gasteiger partial charge in [0.2, 0.25) is 0 Å². The lowest BCUT2D eigenvalue weighted by Crippen LogP contribution is -2.35. The minimum Gasteiger partial charge on any atom is -0.337 e. The molecule has 104 valence electrons. The maximum atomic E-state index is 12.5. The van der Waals surface area contributed by atoms with Crippen molar-refractivity contribution in [2.45, 2.75) is 13.0 Å². The molecule has 4 nitrogen and oxygen atoms in total. The zero-order valence-corrected chi connectivity index (χ0v) is 12.7. The zero-order chi connectivity index (χ0) is 14.2. The number of likely N-dealkylation sites (tertiary alicyclic amines) is 1. The minimum absolute atomic E-state index is 0.0782. The highest BCUT2D eigenvalue weighted by atomic mass is 35.5. The Kier molecular flexibility index (Phi) is 4.33. The number of carbonyl (C=O) groups excluding carboxylic acids is 1. The third-order valence-corrected chi connectivity index (χ3v) is 4.08. The number of amides is 1. The Morgan fingerprint density at radius 2 is 2.11 bits per heavy atom. The minimum atomic E-state index is -0.0782. The number of nitrogens with zero attached hydrogens (tertiary/aromatic N) is 3. The summed E-state index contributed by atoms with van der Waals surface area (Å²) in [7, 11) is 4.07. The van der Waals surface area contributed by atoms with Gasteiger partial charge < -0.3 is 9.80 Å². The Balaban J connectivity index is 2.19. The topological polar surface area (TPSA) is 36.4 Å². The number of hydrogen-bond acceptors (Lipinski definition) is 3. The van der Waals surface area contributed by atoms with Crippen LogP contribution in [0.2, 0.25) is 10.2 Å². The average molecular weight is 302 g/mol. The molecule has 1 amide bonds. The second kappa shape index (κ2) is 5.65. The molecule has 1 aliphatic heterocycles. The van der Waals surface area contributed by atoms with E-state index < -0.39 is 0 Å². The van der Waals surface area contributed by atoms with Crippen LogP contribution in [-0.2, 0) is 0 Å². The number of likely N-dealkylation sites (N-methyl/N-ethyl adjacent to an activating group) is 1. The van der Waals surface area contributed by atoms with Crippen LogP contribution < -0.4 is 0 Å². The molecule has 19 heavy (non-hydrogen) atoms. The van der Waals surface area contributed by atoms with E-state index in [1.54, 1.807) is 0 Å². The molecule has 0 spiro atoms. The molecule has 1 aliphatic rings. The lowest BCUT2D eigenvalue weighted by molar-refractivity contribution is 0.0781. The van der Waals surface area contributed by atoms with Crippen molar-refractivity contribution in [3.05, 3.63) is 28.0 Å². The number of carbonyl (C=O) groups is 1. The second-order valence-corrected chi connectivity index (χ2v) is 6.00. The quantitative estimate of drug-likeness (QED) is 0.787. The van der Waals surface area contributed by atoms with Gasteiger partial charge in [0.05, 0.1) is 10.6 Å². The van der Waals surface area contributed by atoms with Crippen LogP contribution in [0.1, 0.15) is 17.3 Å². The van der Waals surface area contributed by atoms with Gasteiger partial charge in [-0.2, -0.15) is 0 Å². The largest absolute Gasteiger partial charge is 0.337 e. The smallest absolute Gasteiger partial charge is 0.255 e. The number of aromatic nitrogens is 1. The van der Waals surface area contributed by atoms with Gasteiger partial charge in [0.25, 0.3) is 5.91 Å². The summed E-state index contributed by atoms with van der Waals surface area (Å²) in [6, 6.07) is 1.90. The first-order valence-corrected chi connectivity index (χ1v) is 6.92. The highest BCUT2D eigenvalue weighted by Gasteiger charge is 2.34. The van der Waals surface area contributed by atoms with Crippen LogP contribution >= 0.6 is 23.2 Å². The van der Waals surface area contributed by atoms with E-state index >= 15 is 0 Å². The van der Waals surface area contributed by atoms with Crippen LogP contribution in [0, 0.1) is 5.92 Å². The molecule has 2 unspecified atom stereocenters. The molecule has 0 saturated carbocycles. The summed E-state index contributed by atoms with van der Waals surface area (Å²) >= 11 is 11.9. The molecule has 1 aromatic rings. The fraction of sp³-hybridized carbons (Fsp3) is 0.538. The van der Waals surface area contributed by atoms with Crippen molar-refractivity contribution in [1.82, 2.24) is 14.8 Å². The molecule has 1 fully saturated rings. The molecule has 0 bridgehead atoms. The van der Waals surface area contributed by atoms with Crippen molar-refractivity contribution in [2.75, 3.05) is 27.2 Å². The van der Waals surface area contributed by atoms with Crippen molar-refractivity contribution in [1.29, 1.82) is 0 Å². The fourth-order valence-corrected chi connectivity index (χ4v) is 2.88. The molecule has 2 atom stereocenters. The summed E-state index contributed by atoms with van der Waals surface area (Å²) < 4.78 is 0. The highest BCUT2D eigenvalue weighted by molar-refractivity contribution is 6.35. The van der Waals surface area contributed by atoms with Gasteiger partial charge in [0.1, 0.15) is 5.15 Å². The maximum absolute atomic E-state index is 12.5. The van der Waals surface area contributed by atoms with Gasteiger partial charge in [-0.15, -0.1) is 0 Å². The first-order valence-electron chi connectivity index (χ1n) is 6.17. The molecule has 1 aromatic heterocycles. The van der Waals surface area contributed by atoms with Gasteiger partial charge in [-0.3, -0.25) is 4.79 Å². The van der Waals surface area contributed by atoms with Gasteiger partial charge in [-0.25, -0.2) is 4.98 Å². The number of halogens is 2. The van der Waals surface area contributed by atoms with Crippen LogP contribution in [0.15, 0.2) is 12.3 Å². The lowest BCUT2D eigenvalue weighted by atomic mass is 10.1. The highest BCUT2D eigenvalue weighted by Crippen LogP contribution is 2.25. The Hall–Kier alpha value is -0.840. The molecule has 6 heteroatoms. The van der Waals surface area contributed by atoms with Crippen molar-refractivity contribution in [3.8, 4) is 0 Å². The molecule has 2 heterocycles. The van der Waals surface area contributed by atoms with E-state index in [0.29, 0.717) is 29.1 Å². The average Bonchev–Trinajstić information content (AvgIpc) is 2.74. The summed E-state index contributed by atoms with van der Waals surface area (Å²) in [6.07, 6.45) is 1.42. The zero-order valence-electron chi connectivity index (χ0n) is 11.2. The monoisotopic (exact) mass is 301 g/mol. The summed E-state index contributed by atoms with van der Waals surface area (Å²) in [5.74, 6) is 0.362. The van der Waals surface area contributed by atoms with Gasteiger partial charge in [-0.05, 0) is 26.1 Å². The van der Waals surface area contributed by atoms with E-state index in [4.69, 9.17) is 23.2 Å². The van der Waals surface area contributed by atoms with Crippen LogP contribution in [0.4, 0.5) is 0 Å². The molecular weight excluding hydrogens is 285 g/mol. The normalized spacial score (nSPS) is 23.2. The Labute approximate surface area is 123 Å². The lowest BCUT2D eigenvalue weighted by Gasteiger charge is -2.22. The molecular formula is C13H17Cl2N3O. The van der Waals surface area contributed by atoms with Crippen molar-refractivity contribution in [3.63, 3.8) is 0 Å². The number of rotatable bonds is 2. The predicted molar refractivity (Wildman–Crippen MR) is 76.8 cm³/mol. The van der Waals surface area contributed by atoms with Gasteiger partial charge in [0, 0.05) is 25.3 Å². The van der Waals surface area contributed by atoms with Gasteiger partial charge >= 0.3 is 0 Å². The van der Waals surface area contributed by atoms with E-state index in [1.807, 2.05) is 19.0 Å². The number of hydrogen-bond donors (Lipinski definition) is 0. The van der Waals surface area contributed by atoms with Crippen molar-refractivity contribution >= 4 is 29.1 Å². The van der Waals surface area contributed by atoms with E-state index in [2.05, 4.69) is 16.8 Å². The third kappa shape index (κ3) is 3.02. The first kappa shape index (κ1) is 14.6. The molecule has 0 radical (unpaired) electrons. The molecule has 0 aromatic carbocycles. The Morgan fingerprint density at radius 1 is 1.42 bits per heavy atom. The summed E-state index contributed by atoms with van der Waals surface area (Å²) in [5, 5.41) is 0.625. The van der Waals surface area contributed by atoms with Gasteiger partial charge in [0.15, 0.2) is 0 Å². The van der Waals surface area contributed by atoms with E-state index in [9.17, 15) is 4.79 Å². The van der Waals surface area contributed by atoms with Crippen LogP contribution in [0.5, 0.6) is 0 Å². The fourth-order valence-electron chi connectivity index (χ4n) is 2.54. The van der Waals surface area contributed by atoms with Gasteiger partial charge in [-0.1, -0.05) is 30.1 Å². The predicted octanol–water partition coefficient (Wildman–Crippen LogP) is 2.41. The number of pyridine rings is 1. The molecule has 1 saturated heterocycles. The standard InChI is InChI=1S/C13H17Cl2N3O/c1-8-6-18(7-11(8)17(2)3)13(19)9-4-12(15)16-5-10(9)14/h4-5,8,11H,6-7H2,1-3H3. The van der Waals surface area contributed by atoms with Crippen LogP contribution in [0.3, 0.4) is 0 Å². The summed E-state index contributed by atoms with van der Waals surface area (Å²) in [6.45, 7) is 3.60. The van der Waals surface area contributed by atoms with Crippen LogP contribution in [-0.4, -0.2) is 53.9 Å². The molecule has 2 rings (SSSR count). The van der Waals surface area contributed by atoms with Crippen molar-refractivity contribution in [2.24, 2.45) is 5.92 Å². The maximum Gasteiger partial charge on any atom is 0.255 e. The molecule has 0 aliphatic carbocycles. The van der Waals surface area contributed by atoms with E-state index in [1.165, 1.54) is 12.3 Å². The first-order chi connectivity index (χ1) is 8.90. The van der Waals surface area contributed by atoms with E-state index in [0.717, 1.165) is 6.54 Å². The third-order valence-electron chi connectivity index (χ3n) is 3.58. The summed E-state index contributed by atoms with van der Waals surface area (Å²) in [5.41, 5.74) is 0.424. The Morgan fingerprint density at radius 3 is 2.68 bits per heavy atom.